The highest BCUT2D eigenvalue weighted by Gasteiger charge is 1.99. The molecule has 0 atom stereocenters. The molecule has 2 aromatic rings. The fourth-order valence-electron chi connectivity index (χ4n) is 1.70. The van der Waals surface area contributed by atoms with Crippen molar-refractivity contribution < 1.29 is 5.48 Å². The molecule has 0 aromatic heterocycles. The normalized spacial score (nSPS) is 10.7. The molecule has 19 heavy (non-hydrogen) atoms. The third-order valence-corrected chi connectivity index (χ3v) is 2.76. The summed E-state index contributed by atoms with van der Waals surface area (Å²) in [5, 5.41) is 3.11. The predicted molar refractivity (Wildman–Crippen MR) is 80.9 cm³/mol. The molecule has 0 bridgehead atoms. The van der Waals surface area contributed by atoms with E-state index in [-0.39, 0.29) is 5.48 Å². The number of guanidine groups is 1. The molecule has 4 nitrogen and oxygen atoms in total. The molecule has 0 aliphatic heterocycles. The molecule has 0 amide bonds. The molecule has 0 aliphatic rings. The topological polar surface area (TPSA) is 81.9 Å². The fourth-order valence-corrected chi connectivity index (χ4v) is 1.70. The van der Waals surface area contributed by atoms with Crippen LogP contribution < -0.4 is 11.1 Å². The van der Waals surface area contributed by atoms with Crippen molar-refractivity contribution in [2.45, 2.75) is 13.8 Å². The van der Waals surface area contributed by atoms with Crippen LogP contribution >= 0.6 is 0 Å². The highest BCUT2D eigenvalue weighted by atomic mass is 16.0. The van der Waals surface area contributed by atoms with E-state index in [4.69, 9.17) is 5.73 Å². The lowest BCUT2D eigenvalue weighted by atomic mass is 10.2. The number of nitrogens with one attached hydrogen (secondary N) is 1. The number of aryl methyl sites for hydroxylation is 2. The molecular weight excluding hydrogens is 238 g/mol. The summed E-state index contributed by atoms with van der Waals surface area (Å²) < 4.78 is 0. The molecular formula is C15H19N3O. The Morgan fingerprint density at radius 1 is 0.947 bits per heavy atom. The van der Waals surface area contributed by atoms with Gasteiger partial charge in [0.1, 0.15) is 0 Å². The minimum Gasteiger partial charge on any atom is -0.412 e. The average molecular weight is 257 g/mol. The van der Waals surface area contributed by atoms with E-state index in [1.165, 1.54) is 0 Å². The van der Waals surface area contributed by atoms with E-state index >= 15 is 0 Å². The molecule has 0 aliphatic carbocycles. The molecule has 0 unspecified atom stereocenters. The number of nitrogens with two attached hydrogens (primary N) is 1. The molecule has 0 spiro atoms. The highest BCUT2D eigenvalue weighted by molar-refractivity contribution is 5.94. The molecule has 0 heterocycles. The van der Waals surface area contributed by atoms with Crippen LogP contribution in [0.15, 0.2) is 53.5 Å². The first-order chi connectivity index (χ1) is 8.66. The maximum Gasteiger partial charge on any atom is 0.198 e. The third-order valence-electron chi connectivity index (χ3n) is 2.76. The number of para-hydroxylation sites is 2. The number of anilines is 1. The van der Waals surface area contributed by atoms with E-state index in [1.807, 2.05) is 62.4 Å². The van der Waals surface area contributed by atoms with Crippen molar-refractivity contribution in [3.8, 4) is 0 Å². The van der Waals surface area contributed by atoms with Crippen LogP contribution in [-0.4, -0.2) is 11.4 Å². The van der Waals surface area contributed by atoms with E-state index < -0.39 is 0 Å². The van der Waals surface area contributed by atoms with Gasteiger partial charge in [0.2, 0.25) is 0 Å². The minimum absolute atomic E-state index is 0. The van der Waals surface area contributed by atoms with E-state index in [0.717, 1.165) is 22.5 Å². The van der Waals surface area contributed by atoms with Gasteiger partial charge in [-0.2, -0.15) is 0 Å². The van der Waals surface area contributed by atoms with Crippen LogP contribution in [0.5, 0.6) is 0 Å². The van der Waals surface area contributed by atoms with Crippen molar-refractivity contribution in [2.24, 2.45) is 10.7 Å². The van der Waals surface area contributed by atoms with Crippen molar-refractivity contribution in [1.82, 2.24) is 0 Å². The summed E-state index contributed by atoms with van der Waals surface area (Å²) in [6.45, 7) is 4.04. The minimum atomic E-state index is 0. The number of benzene rings is 2. The predicted octanol–water partition coefficient (Wildman–Crippen LogP) is 2.54. The Morgan fingerprint density at radius 2 is 1.53 bits per heavy atom. The number of hydrogen-bond acceptors (Lipinski definition) is 1. The zero-order valence-corrected chi connectivity index (χ0v) is 11.1. The molecule has 4 heteroatoms. The molecule has 100 valence electrons. The Labute approximate surface area is 113 Å². The quantitative estimate of drug-likeness (QED) is 0.640. The SMILES string of the molecule is Cc1ccccc1N=C(N)Nc1ccccc1C.O. The maximum absolute atomic E-state index is 5.91. The van der Waals surface area contributed by atoms with E-state index in [0.29, 0.717) is 5.96 Å². The van der Waals surface area contributed by atoms with Crippen molar-refractivity contribution >= 4 is 17.3 Å². The van der Waals surface area contributed by atoms with Crippen LogP contribution in [0.2, 0.25) is 0 Å². The Morgan fingerprint density at radius 3 is 2.16 bits per heavy atom. The van der Waals surface area contributed by atoms with Gasteiger partial charge in [0.25, 0.3) is 0 Å². The van der Waals surface area contributed by atoms with Gasteiger partial charge >= 0.3 is 0 Å². The summed E-state index contributed by atoms with van der Waals surface area (Å²) >= 11 is 0. The van der Waals surface area contributed by atoms with Crippen LogP contribution in [0.3, 0.4) is 0 Å². The van der Waals surface area contributed by atoms with Gasteiger partial charge < -0.3 is 16.5 Å². The zero-order chi connectivity index (χ0) is 13.0. The molecule has 0 saturated heterocycles. The average Bonchev–Trinajstić information content (AvgIpc) is 2.35. The second kappa shape index (κ2) is 6.56. The lowest BCUT2D eigenvalue weighted by Crippen LogP contribution is -2.22. The largest absolute Gasteiger partial charge is 0.412 e. The summed E-state index contributed by atoms with van der Waals surface area (Å²) in [4.78, 5) is 4.38. The van der Waals surface area contributed by atoms with E-state index in [9.17, 15) is 0 Å². The first kappa shape index (κ1) is 14.7. The number of rotatable bonds is 2. The lowest BCUT2D eigenvalue weighted by Gasteiger charge is -2.08. The maximum atomic E-state index is 5.91. The Hall–Kier alpha value is -2.33. The summed E-state index contributed by atoms with van der Waals surface area (Å²) in [6.07, 6.45) is 0. The Bertz CT molecular complexity index is 579. The van der Waals surface area contributed by atoms with Gasteiger partial charge in [-0.25, -0.2) is 4.99 Å². The van der Waals surface area contributed by atoms with Crippen LogP contribution in [-0.2, 0) is 0 Å². The van der Waals surface area contributed by atoms with Crippen LogP contribution in [0.4, 0.5) is 11.4 Å². The second-order valence-corrected chi connectivity index (χ2v) is 4.22. The van der Waals surface area contributed by atoms with Crippen molar-refractivity contribution in [3.05, 3.63) is 59.7 Å². The van der Waals surface area contributed by atoms with Gasteiger partial charge in [-0.3, -0.25) is 0 Å². The fraction of sp³-hybridized carbons (Fsp3) is 0.133. The highest BCUT2D eigenvalue weighted by Crippen LogP contribution is 2.18. The third kappa shape index (κ3) is 3.82. The van der Waals surface area contributed by atoms with Gasteiger partial charge in [-0.15, -0.1) is 0 Å². The van der Waals surface area contributed by atoms with Gasteiger partial charge in [0.05, 0.1) is 5.69 Å². The monoisotopic (exact) mass is 257 g/mol. The lowest BCUT2D eigenvalue weighted by molar-refractivity contribution is 0.824. The number of nitrogens with zero attached hydrogens (tertiary/aromatic N) is 1. The van der Waals surface area contributed by atoms with E-state index in [1.54, 1.807) is 0 Å². The molecule has 2 aromatic carbocycles. The van der Waals surface area contributed by atoms with Gasteiger partial charge in [-0.05, 0) is 37.1 Å². The van der Waals surface area contributed by atoms with Crippen LogP contribution in [0, 0.1) is 13.8 Å². The van der Waals surface area contributed by atoms with Crippen LogP contribution in [0.25, 0.3) is 0 Å². The van der Waals surface area contributed by atoms with Gasteiger partial charge in [0.15, 0.2) is 5.96 Å². The van der Waals surface area contributed by atoms with Gasteiger partial charge in [0, 0.05) is 5.69 Å². The van der Waals surface area contributed by atoms with Crippen molar-refractivity contribution in [1.29, 1.82) is 0 Å². The Kier molecular flexibility index (Phi) is 5.09. The molecule has 2 rings (SSSR count). The summed E-state index contributed by atoms with van der Waals surface area (Å²) in [5.74, 6) is 0.401. The zero-order valence-electron chi connectivity index (χ0n) is 11.1. The number of hydrogen-bond donors (Lipinski definition) is 2. The number of aliphatic imine (C=N–C) groups is 1. The van der Waals surface area contributed by atoms with Crippen molar-refractivity contribution in [3.63, 3.8) is 0 Å². The van der Waals surface area contributed by atoms with Crippen LogP contribution in [0.1, 0.15) is 11.1 Å². The van der Waals surface area contributed by atoms with Gasteiger partial charge in [-0.1, -0.05) is 36.4 Å². The van der Waals surface area contributed by atoms with Crippen molar-refractivity contribution in [2.75, 3.05) is 5.32 Å². The Balaban J connectivity index is 0.00000180. The summed E-state index contributed by atoms with van der Waals surface area (Å²) in [6, 6.07) is 15.9. The first-order valence-electron chi connectivity index (χ1n) is 5.89. The molecule has 0 radical (unpaired) electrons. The molecule has 0 fully saturated rings. The molecule has 0 saturated carbocycles. The molecule has 5 N–H and O–H groups in total. The second-order valence-electron chi connectivity index (χ2n) is 4.22. The smallest absolute Gasteiger partial charge is 0.198 e. The first-order valence-corrected chi connectivity index (χ1v) is 5.89. The summed E-state index contributed by atoms with van der Waals surface area (Å²) in [5.41, 5.74) is 10.0. The standard InChI is InChI=1S/C15H17N3.H2O/c1-11-7-3-5-9-13(11)17-15(16)18-14-10-6-4-8-12(14)2;/h3-10H,1-2H3,(H3,16,17,18);1H2. The van der Waals surface area contributed by atoms with E-state index in [2.05, 4.69) is 10.3 Å². The summed E-state index contributed by atoms with van der Waals surface area (Å²) in [7, 11) is 0.